The fourth-order valence-electron chi connectivity index (χ4n) is 11.1. The van der Waals surface area contributed by atoms with Crippen molar-refractivity contribution in [1.82, 2.24) is 41.3 Å². The van der Waals surface area contributed by atoms with Gasteiger partial charge in [0.1, 0.15) is 11.4 Å². The molecule has 3 atom stereocenters. The van der Waals surface area contributed by atoms with Gasteiger partial charge in [0.2, 0.25) is 11.8 Å². The van der Waals surface area contributed by atoms with Gasteiger partial charge in [-0.05, 0) is 109 Å². The molecule has 2 aliphatic heterocycles. The molecule has 0 bridgehead atoms. The van der Waals surface area contributed by atoms with Crippen molar-refractivity contribution in [2.24, 2.45) is 45.5 Å². The van der Waals surface area contributed by atoms with Crippen molar-refractivity contribution < 1.29 is 38.7 Å². The Morgan fingerprint density at radius 1 is 0.595 bits per heavy atom. The molecule has 11 N–H and O–H groups in total. The van der Waals surface area contributed by atoms with E-state index in [0.717, 1.165) is 51.4 Å². The van der Waals surface area contributed by atoms with Gasteiger partial charge in [0.15, 0.2) is 0 Å². The number of hydrogen-bond acceptors (Lipinski definition) is 12. The number of amides is 6. The molecule has 0 radical (unpaired) electrons. The number of rotatable bonds is 16. The molecule has 3 aliphatic carbocycles. The van der Waals surface area contributed by atoms with E-state index >= 15 is 0 Å². The SMILES string of the molecule is CN(C)CCNC(=O)c1[nH]c2cc(NC(=O)[C@H](N)C3CCCCC3)cc3c2c1C=NNC3=O.C[C@@H](C(=O)Nc1cc2c3c(c(C(=O)NCCN(C)C)[nH]c3c1)C=NNC2=O)C1CCCCC1.C[C@@H](C(=O)O)C1CCCCC1.Cl.Cl. The van der Waals surface area contributed by atoms with Crippen molar-refractivity contribution in [3.63, 3.8) is 0 Å². The number of carboxylic acid groups (broad SMARTS) is 1. The van der Waals surface area contributed by atoms with Crippen LogP contribution in [0.2, 0.25) is 0 Å². The topological polar surface area (TPSA) is 301 Å². The lowest BCUT2D eigenvalue weighted by Gasteiger charge is -2.26. The summed E-state index contributed by atoms with van der Waals surface area (Å²) in [5, 5.41) is 29.5. The van der Waals surface area contributed by atoms with E-state index in [1.807, 2.05) is 51.8 Å². The van der Waals surface area contributed by atoms with Crippen LogP contribution in [0.3, 0.4) is 0 Å². The summed E-state index contributed by atoms with van der Waals surface area (Å²) in [5.74, 6) is -1.55. The van der Waals surface area contributed by atoms with Crippen LogP contribution in [0.4, 0.5) is 11.4 Å². The van der Waals surface area contributed by atoms with E-state index in [9.17, 15) is 33.6 Å². The van der Waals surface area contributed by atoms with Gasteiger partial charge in [-0.1, -0.05) is 71.6 Å². The smallest absolute Gasteiger partial charge is 0.306 e. The fraction of sp³-hybridized carbons (Fsp3) is 0.554. The number of H-pyrrole nitrogens is 2. The van der Waals surface area contributed by atoms with E-state index in [-0.39, 0.29) is 72.1 Å². The third-order valence-corrected chi connectivity index (χ3v) is 15.7. The highest BCUT2D eigenvalue weighted by Crippen LogP contribution is 2.35. The zero-order chi connectivity index (χ0) is 55.3. The van der Waals surface area contributed by atoms with Crippen LogP contribution in [0.5, 0.6) is 0 Å². The molecule has 2 aromatic carbocycles. The molecule has 6 amide bonds. The van der Waals surface area contributed by atoms with E-state index in [0.29, 0.717) is 105 Å². The average Bonchev–Trinajstić information content (AvgIpc) is 4.03. The van der Waals surface area contributed by atoms with Crippen LogP contribution in [-0.2, 0) is 14.4 Å². The molecule has 4 aromatic rings. The monoisotopic (exact) mass is 1130 g/mol. The van der Waals surface area contributed by atoms with Crippen LogP contribution in [0.1, 0.15) is 163 Å². The Bertz CT molecular complexity index is 2690. The molecule has 0 spiro atoms. The largest absolute Gasteiger partial charge is 0.481 e. The minimum Gasteiger partial charge on any atom is -0.481 e. The first-order valence-corrected chi connectivity index (χ1v) is 27.4. The van der Waals surface area contributed by atoms with Gasteiger partial charge >= 0.3 is 5.97 Å². The summed E-state index contributed by atoms with van der Waals surface area (Å²) in [6.45, 7) is 6.17. The number of carboxylic acids is 1. The Hall–Kier alpha value is -6.39. The van der Waals surface area contributed by atoms with E-state index in [1.54, 1.807) is 24.3 Å². The van der Waals surface area contributed by atoms with Crippen LogP contribution in [0.25, 0.3) is 21.8 Å². The second-order valence-corrected chi connectivity index (χ2v) is 21.9. The normalized spacial score (nSPS) is 17.4. The Kier molecular flexibility index (Phi) is 23.9. The van der Waals surface area contributed by atoms with Gasteiger partial charge in [0.05, 0.1) is 35.5 Å². The number of halogens is 2. The van der Waals surface area contributed by atoms with Crippen molar-refractivity contribution in [2.75, 3.05) is 65.0 Å². The molecule has 23 heteroatoms. The quantitative estimate of drug-likeness (QED) is 0.0535. The van der Waals surface area contributed by atoms with Gasteiger partial charge in [-0.15, -0.1) is 24.8 Å². The molecule has 5 aliphatic rings. The van der Waals surface area contributed by atoms with Crippen LogP contribution >= 0.6 is 24.8 Å². The molecule has 4 heterocycles. The maximum absolute atomic E-state index is 12.9. The number of aliphatic carboxylic acids is 1. The summed E-state index contributed by atoms with van der Waals surface area (Å²) < 4.78 is 0. The van der Waals surface area contributed by atoms with Gasteiger partial charge < -0.3 is 51.9 Å². The molecule has 0 saturated heterocycles. The van der Waals surface area contributed by atoms with Crippen molar-refractivity contribution >= 4 is 112 Å². The maximum atomic E-state index is 12.9. The zero-order valence-electron chi connectivity index (χ0n) is 46.4. The average molecular weight is 1140 g/mol. The lowest BCUT2D eigenvalue weighted by atomic mass is 9.80. The second kappa shape index (κ2) is 29.7. The lowest BCUT2D eigenvalue weighted by molar-refractivity contribution is -0.143. The number of aromatic amines is 2. The summed E-state index contributed by atoms with van der Waals surface area (Å²) in [4.78, 5) is 97.6. The van der Waals surface area contributed by atoms with Gasteiger partial charge in [0, 0.05) is 76.4 Å². The lowest BCUT2D eigenvalue weighted by Crippen LogP contribution is -2.42. The third-order valence-electron chi connectivity index (χ3n) is 15.7. The predicted octanol–water partition coefficient (Wildman–Crippen LogP) is 7.21. The number of carbonyl (C=O) groups excluding carboxylic acids is 6. The molecule has 2 aromatic heterocycles. The first-order chi connectivity index (χ1) is 36.9. The summed E-state index contributed by atoms with van der Waals surface area (Å²) >= 11 is 0. The van der Waals surface area contributed by atoms with Gasteiger partial charge in [-0.2, -0.15) is 10.2 Å². The fourth-order valence-corrected chi connectivity index (χ4v) is 11.1. The number of hydrazone groups is 2. The van der Waals surface area contributed by atoms with Gasteiger partial charge in [-0.25, -0.2) is 10.9 Å². The number of likely N-dealkylation sites (N-methyl/N-ethyl adjacent to an activating group) is 2. The summed E-state index contributed by atoms with van der Waals surface area (Å²) in [6, 6.07) is 6.15. The minimum atomic E-state index is -0.628. The third kappa shape index (κ3) is 16.4. The second-order valence-electron chi connectivity index (χ2n) is 21.9. The molecule has 3 fully saturated rings. The van der Waals surface area contributed by atoms with Crippen LogP contribution in [0.15, 0.2) is 34.5 Å². The van der Waals surface area contributed by atoms with Crippen LogP contribution < -0.4 is 37.9 Å². The standard InChI is InChI=1S/C24H32N6O3.C23H31N7O3.C9H16O2.2ClH/c1-14(15-7-5-4-6-8-15)22(31)27-16-11-17-20-18(13-26-29-23(17)32)21(28-19(20)12-16)24(33)25-9-10-30(2)3;1-30(2)9-8-25-23(33)20-16-12-26-29-21(31)15-10-14(11-17(28-20)18(15)16)27-22(32)19(24)13-6-4-3-5-7-13;1-7(9(10)11)8-5-3-2-4-6-8;;/h11-15,28H,4-10H2,1-3H3,(H,25,33)(H,27,31)(H,29,32);10-13,19,28H,3-9,24H2,1-2H3,(H,25,33)(H,27,32)(H,29,31);7-8H,2-6H2,1H3,(H,10,11);2*1H/t14-;19-;7-;;/m111../s1. The Balaban J connectivity index is 0.000000239. The molecule has 9 rings (SSSR count). The number of nitrogens with zero attached hydrogens (tertiary/aromatic N) is 4. The first kappa shape index (κ1) is 63.4. The summed E-state index contributed by atoms with van der Waals surface area (Å²) in [6.07, 6.45) is 19.9. The molecular formula is C56H81Cl2N13O8. The van der Waals surface area contributed by atoms with E-state index < -0.39 is 17.9 Å². The number of nitrogens with one attached hydrogen (secondary N) is 8. The van der Waals surface area contributed by atoms with E-state index in [1.165, 1.54) is 57.4 Å². The van der Waals surface area contributed by atoms with E-state index in [4.69, 9.17) is 10.8 Å². The highest BCUT2D eigenvalue weighted by Gasteiger charge is 2.31. The number of anilines is 2. The minimum absolute atomic E-state index is 0. The Morgan fingerprint density at radius 3 is 1.37 bits per heavy atom. The Morgan fingerprint density at radius 2 is 0.975 bits per heavy atom. The number of aromatic nitrogens is 2. The zero-order valence-corrected chi connectivity index (χ0v) is 48.0. The van der Waals surface area contributed by atoms with Crippen LogP contribution in [0, 0.1) is 29.6 Å². The molecule has 79 heavy (non-hydrogen) atoms. The first-order valence-electron chi connectivity index (χ1n) is 27.4. The maximum Gasteiger partial charge on any atom is 0.306 e. The predicted molar refractivity (Wildman–Crippen MR) is 314 cm³/mol. The van der Waals surface area contributed by atoms with Gasteiger partial charge in [-0.3, -0.25) is 33.6 Å². The number of nitrogens with two attached hydrogens (primary N) is 1. The van der Waals surface area contributed by atoms with Crippen molar-refractivity contribution in [2.45, 2.75) is 116 Å². The number of benzene rings is 2. The summed E-state index contributed by atoms with van der Waals surface area (Å²) in [5.41, 5.74) is 15.7. The molecule has 432 valence electrons. The number of carbonyl (C=O) groups is 7. The Labute approximate surface area is 474 Å². The molecule has 3 saturated carbocycles. The van der Waals surface area contributed by atoms with E-state index in [2.05, 4.69) is 52.3 Å². The van der Waals surface area contributed by atoms with Crippen LogP contribution in [-0.4, -0.2) is 139 Å². The molecule has 21 nitrogen and oxygen atoms in total. The van der Waals surface area contributed by atoms with Crippen molar-refractivity contribution in [1.29, 1.82) is 0 Å². The number of hydrogen-bond donors (Lipinski definition) is 10. The van der Waals surface area contributed by atoms with Crippen molar-refractivity contribution in [3.8, 4) is 0 Å². The van der Waals surface area contributed by atoms with Gasteiger partial charge in [0.25, 0.3) is 23.6 Å². The molecular weight excluding hydrogens is 1050 g/mol. The summed E-state index contributed by atoms with van der Waals surface area (Å²) in [7, 11) is 7.72. The molecule has 0 unspecified atom stereocenters. The highest BCUT2D eigenvalue weighted by molar-refractivity contribution is 6.21. The van der Waals surface area contributed by atoms with Crippen molar-refractivity contribution in [3.05, 3.63) is 57.9 Å². The highest BCUT2D eigenvalue weighted by atomic mass is 35.5.